The number of sulfonamides is 1. The number of aryl methyl sites for hydroxylation is 1. The lowest BCUT2D eigenvalue weighted by Crippen LogP contribution is -2.52. The van der Waals surface area contributed by atoms with Gasteiger partial charge in [0, 0.05) is 12.6 Å². The molecule has 1 fully saturated rings. The Balaban J connectivity index is 1.72. The van der Waals surface area contributed by atoms with Crippen molar-refractivity contribution in [3.05, 3.63) is 83.9 Å². The Bertz CT molecular complexity index is 1470. The van der Waals surface area contributed by atoms with Crippen molar-refractivity contribution < 1.29 is 27.5 Å². The third-order valence-corrected chi connectivity index (χ3v) is 9.37. The molecular weight excluding hydrogens is 554 g/mol. The zero-order chi connectivity index (χ0) is 30.3. The molecule has 0 saturated heterocycles. The maximum absolute atomic E-state index is 14.2. The van der Waals surface area contributed by atoms with Crippen LogP contribution in [0.5, 0.6) is 11.5 Å². The molecule has 4 rings (SSSR count). The third kappa shape index (κ3) is 7.23. The molecule has 1 aliphatic rings. The van der Waals surface area contributed by atoms with Crippen molar-refractivity contribution in [1.82, 2.24) is 10.2 Å². The van der Waals surface area contributed by atoms with Crippen LogP contribution in [0.2, 0.25) is 0 Å². The van der Waals surface area contributed by atoms with E-state index < -0.39 is 28.5 Å². The Morgan fingerprint density at radius 3 is 2.24 bits per heavy atom. The first-order valence-electron chi connectivity index (χ1n) is 14.1. The largest absolute Gasteiger partial charge is 0.497 e. The van der Waals surface area contributed by atoms with Gasteiger partial charge in [0.15, 0.2) is 0 Å². The smallest absolute Gasteiger partial charge is 0.264 e. The number of carbonyl (C=O) groups is 2. The van der Waals surface area contributed by atoms with Crippen LogP contribution in [0.15, 0.2) is 77.7 Å². The van der Waals surface area contributed by atoms with Gasteiger partial charge in [-0.2, -0.15) is 0 Å². The molecule has 1 atom stereocenters. The summed E-state index contributed by atoms with van der Waals surface area (Å²) in [6.45, 7) is 3.08. The molecule has 9 nitrogen and oxygen atoms in total. The second kappa shape index (κ2) is 13.7. The van der Waals surface area contributed by atoms with Crippen LogP contribution in [0.3, 0.4) is 0 Å². The molecular formula is C32H39N3O6S. The predicted octanol–water partition coefficient (Wildman–Crippen LogP) is 4.68. The Labute approximate surface area is 248 Å². The summed E-state index contributed by atoms with van der Waals surface area (Å²) < 4.78 is 39.9. The number of ether oxygens (including phenoxy) is 2. The van der Waals surface area contributed by atoms with E-state index in [9.17, 15) is 18.0 Å². The van der Waals surface area contributed by atoms with Crippen molar-refractivity contribution >= 4 is 27.5 Å². The minimum Gasteiger partial charge on any atom is -0.497 e. The van der Waals surface area contributed by atoms with Gasteiger partial charge in [0.25, 0.3) is 10.0 Å². The first-order chi connectivity index (χ1) is 20.1. The summed E-state index contributed by atoms with van der Waals surface area (Å²) in [5, 5.41) is 3.08. The van der Waals surface area contributed by atoms with Crippen LogP contribution in [-0.4, -0.2) is 58.0 Å². The molecule has 0 aromatic heterocycles. The van der Waals surface area contributed by atoms with E-state index in [0.717, 1.165) is 41.1 Å². The van der Waals surface area contributed by atoms with E-state index in [1.807, 2.05) is 25.1 Å². The molecule has 0 spiro atoms. The van der Waals surface area contributed by atoms with Crippen LogP contribution < -0.4 is 19.1 Å². The van der Waals surface area contributed by atoms with Gasteiger partial charge in [-0.1, -0.05) is 49.2 Å². The minimum absolute atomic E-state index is 0.0371. The molecule has 3 aromatic carbocycles. The highest BCUT2D eigenvalue weighted by atomic mass is 32.2. The Kier molecular flexibility index (Phi) is 10.1. The standard InChI is InChI=1S/C32H39N3O6S/c1-23-14-19-30(41-4)29(20-23)35(42(38,39)28-12-6-5-7-13-28)22-31(36)34(21-25-15-17-27(40-3)18-16-25)24(2)32(37)33-26-10-8-9-11-26/h5-7,12-20,24,26H,8-11,21-22H2,1-4H3,(H,33,37)/t24-/m1/s1. The molecule has 3 aromatic rings. The third-order valence-electron chi connectivity index (χ3n) is 7.59. The number of nitrogens with zero attached hydrogens (tertiary/aromatic N) is 2. The number of anilines is 1. The molecule has 0 aliphatic heterocycles. The second-order valence-electron chi connectivity index (χ2n) is 10.5. The van der Waals surface area contributed by atoms with Gasteiger partial charge in [0.1, 0.15) is 24.1 Å². The molecule has 0 radical (unpaired) electrons. The lowest BCUT2D eigenvalue weighted by atomic mass is 10.1. The number of amides is 2. The van der Waals surface area contributed by atoms with Gasteiger partial charge in [-0.05, 0) is 74.2 Å². The monoisotopic (exact) mass is 593 g/mol. The maximum Gasteiger partial charge on any atom is 0.264 e. The van der Waals surface area contributed by atoms with E-state index in [2.05, 4.69) is 5.32 Å². The predicted molar refractivity (Wildman–Crippen MR) is 162 cm³/mol. The van der Waals surface area contributed by atoms with Crippen LogP contribution in [-0.2, 0) is 26.2 Å². The lowest BCUT2D eigenvalue weighted by Gasteiger charge is -2.33. The topological polar surface area (TPSA) is 105 Å². The number of carbonyl (C=O) groups excluding carboxylic acids is 2. The summed E-state index contributed by atoms with van der Waals surface area (Å²) in [6, 6.07) is 19.6. The molecule has 42 heavy (non-hydrogen) atoms. The van der Waals surface area contributed by atoms with Crippen LogP contribution >= 0.6 is 0 Å². The average Bonchev–Trinajstić information content (AvgIpc) is 3.52. The van der Waals surface area contributed by atoms with Crippen molar-refractivity contribution in [2.24, 2.45) is 0 Å². The van der Waals surface area contributed by atoms with Gasteiger partial charge in [-0.3, -0.25) is 13.9 Å². The van der Waals surface area contributed by atoms with Crippen molar-refractivity contribution in [3.8, 4) is 11.5 Å². The van der Waals surface area contributed by atoms with E-state index in [0.29, 0.717) is 11.5 Å². The van der Waals surface area contributed by atoms with Gasteiger partial charge in [-0.15, -0.1) is 0 Å². The molecule has 2 amide bonds. The van der Waals surface area contributed by atoms with E-state index in [1.54, 1.807) is 56.5 Å². The van der Waals surface area contributed by atoms with Crippen molar-refractivity contribution in [2.75, 3.05) is 25.1 Å². The Morgan fingerprint density at radius 2 is 1.62 bits per heavy atom. The summed E-state index contributed by atoms with van der Waals surface area (Å²) in [4.78, 5) is 29.0. The van der Waals surface area contributed by atoms with Crippen LogP contribution in [0.4, 0.5) is 5.69 Å². The van der Waals surface area contributed by atoms with E-state index >= 15 is 0 Å². The number of rotatable bonds is 12. The number of benzene rings is 3. The Hall–Kier alpha value is -4.05. The first-order valence-corrected chi connectivity index (χ1v) is 15.5. The van der Waals surface area contributed by atoms with Gasteiger partial charge >= 0.3 is 0 Å². The van der Waals surface area contributed by atoms with Crippen molar-refractivity contribution in [3.63, 3.8) is 0 Å². The number of nitrogens with one attached hydrogen (secondary N) is 1. The van der Waals surface area contributed by atoms with Crippen LogP contribution in [0.1, 0.15) is 43.7 Å². The molecule has 0 unspecified atom stereocenters. The highest BCUT2D eigenvalue weighted by molar-refractivity contribution is 7.92. The van der Waals surface area contributed by atoms with Gasteiger partial charge in [-0.25, -0.2) is 8.42 Å². The SMILES string of the molecule is COc1ccc(CN(C(=O)CN(c2cc(C)ccc2OC)S(=O)(=O)c2ccccc2)[C@H](C)C(=O)NC2CCCC2)cc1. The fourth-order valence-electron chi connectivity index (χ4n) is 5.13. The zero-order valence-corrected chi connectivity index (χ0v) is 25.4. The lowest BCUT2D eigenvalue weighted by molar-refractivity contribution is -0.139. The molecule has 10 heteroatoms. The average molecular weight is 594 g/mol. The molecule has 1 aliphatic carbocycles. The summed E-state index contributed by atoms with van der Waals surface area (Å²) in [7, 11) is -1.17. The summed E-state index contributed by atoms with van der Waals surface area (Å²) in [5.41, 5.74) is 1.81. The zero-order valence-electron chi connectivity index (χ0n) is 24.6. The van der Waals surface area contributed by atoms with Gasteiger partial charge < -0.3 is 19.7 Å². The molecule has 224 valence electrons. The van der Waals surface area contributed by atoms with Crippen molar-refractivity contribution in [1.29, 1.82) is 0 Å². The minimum atomic E-state index is -4.19. The number of methoxy groups -OCH3 is 2. The van der Waals surface area contributed by atoms with Crippen molar-refractivity contribution in [2.45, 2.75) is 63.1 Å². The van der Waals surface area contributed by atoms with Crippen LogP contribution in [0, 0.1) is 6.92 Å². The summed E-state index contributed by atoms with van der Waals surface area (Å²) in [5.74, 6) is 0.175. The normalized spacial score (nSPS) is 14.2. The summed E-state index contributed by atoms with van der Waals surface area (Å²) in [6.07, 6.45) is 3.92. The molecule has 1 saturated carbocycles. The Morgan fingerprint density at radius 1 is 0.952 bits per heavy atom. The van der Waals surface area contributed by atoms with E-state index in [4.69, 9.17) is 9.47 Å². The number of hydrogen-bond acceptors (Lipinski definition) is 6. The van der Waals surface area contributed by atoms with Crippen LogP contribution in [0.25, 0.3) is 0 Å². The fourth-order valence-corrected chi connectivity index (χ4v) is 6.57. The summed E-state index contributed by atoms with van der Waals surface area (Å²) >= 11 is 0. The first kappa shape index (κ1) is 30.9. The maximum atomic E-state index is 14.2. The second-order valence-corrected chi connectivity index (χ2v) is 12.4. The highest BCUT2D eigenvalue weighted by Crippen LogP contribution is 2.34. The van der Waals surface area contributed by atoms with E-state index in [-0.39, 0.29) is 29.1 Å². The number of hydrogen-bond donors (Lipinski definition) is 1. The molecule has 0 bridgehead atoms. The highest BCUT2D eigenvalue weighted by Gasteiger charge is 2.34. The molecule has 0 heterocycles. The molecule has 1 N–H and O–H groups in total. The van der Waals surface area contributed by atoms with E-state index in [1.165, 1.54) is 24.1 Å². The van der Waals surface area contributed by atoms with Gasteiger partial charge in [0.2, 0.25) is 11.8 Å². The quantitative estimate of drug-likeness (QED) is 0.327. The fraction of sp³-hybridized carbons (Fsp3) is 0.375. The van der Waals surface area contributed by atoms with Gasteiger partial charge in [0.05, 0.1) is 24.8 Å².